The number of allylic oxidation sites excluding steroid dienone is 3. The van der Waals surface area contributed by atoms with Gasteiger partial charge in [-0.2, -0.15) is 0 Å². The topological polar surface area (TPSA) is 0 Å². The van der Waals surface area contributed by atoms with Gasteiger partial charge in [-0.05, 0) is 24.8 Å². The van der Waals surface area contributed by atoms with Crippen molar-refractivity contribution in [2.24, 2.45) is 0 Å². The summed E-state index contributed by atoms with van der Waals surface area (Å²) >= 11 is 0. The van der Waals surface area contributed by atoms with E-state index in [0.29, 0.717) is 0 Å². The van der Waals surface area contributed by atoms with E-state index in [9.17, 15) is 0 Å². The van der Waals surface area contributed by atoms with E-state index in [-0.39, 0.29) is 0 Å². The highest BCUT2D eigenvalue weighted by Crippen LogP contribution is 2.16. The number of rotatable bonds is 12. The molecule has 0 fully saturated rings. The van der Waals surface area contributed by atoms with Gasteiger partial charge in [0.15, 0.2) is 0 Å². The Hall–Kier alpha value is -0.560. The van der Waals surface area contributed by atoms with Crippen LogP contribution >= 0.6 is 0 Å². The number of nitrogens with zero attached hydrogens (tertiary/aromatic N) is 1. The molecule has 0 bridgehead atoms. The molecule has 1 aliphatic carbocycles. The maximum Gasteiger partial charge on any atom is 0.100 e. The highest BCUT2D eigenvalue weighted by Gasteiger charge is 2.17. The molecule has 0 aliphatic heterocycles. The van der Waals surface area contributed by atoms with Crippen molar-refractivity contribution in [2.45, 2.75) is 71.1 Å². The molecule has 0 amide bonds. The van der Waals surface area contributed by atoms with E-state index < -0.39 is 0 Å². The van der Waals surface area contributed by atoms with Crippen LogP contribution in [-0.4, -0.2) is 31.7 Å². The van der Waals surface area contributed by atoms with Crippen molar-refractivity contribution < 1.29 is 4.48 Å². The summed E-state index contributed by atoms with van der Waals surface area (Å²) in [7, 11) is 4.76. The average Bonchev–Trinajstić information content (AvgIpc) is 2.89. The molecule has 0 atom stereocenters. The molecule has 0 aromatic rings. The van der Waals surface area contributed by atoms with Crippen molar-refractivity contribution in [3.8, 4) is 0 Å². The quantitative estimate of drug-likeness (QED) is 0.327. The van der Waals surface area contributed by atoms with Crippen LogP contribution in [0.4, 0.5) is 0 Å². The summed E-state index contributed by atoms with van der Waals surface area (Å²) in [5.74, 6) is 0. The van der Waals surface area contributed by atoms with Crippen molar-refractivity contribution in [3.63, 3.8) is 0 Å². The Kier molecular flexibility index (Phi) is 8.93. The van der Waals surface area contributed by atoms with E-state index >= 15 is 0 Å². The lowest BCUT2D eigenvalue weighted by molar-refractivity contribution is -0.885. The van der Waals surface area contributed by atoms with Crippen molar-refractivity contribution in [1.82, 2.24) is 0 Å². The second kappa shape index (κ2) is 10.2. The molecule has 0 heterocycles. The fourth-order valence-corrected chi connectivity index (χ4v) is 3.09. The number of hydrogen-bond acceptors (Lipinski definition) is 0. The zero-order valence-corrected chi connectivity index (χ0v) is 14.2. The molecule has 116 valence electrons. The third-order valence-electron chi connectivity index (χ3n) is 4.35. The molecule has 1 rings (SSSR count). The molecule has 0 saturated carbocycles. The molecule has 0 spiro atoms. The first-order chi connectivity index (χ1) is 9.64. The number of unbranched alkanes of at least 4 members (excludes halogenated alkanes) is 8. The van der Waals surface area contributed by atoms with Crippen LogP contribution in [0.25, 0.3) is 0 Å². The first-order valence-electron chi connectivity index (χ1n) is 8.80. The van der Waals surface area contributed by atoms with E-state index in [2.05, 4.69) is 39.2 Å². The monoisotopic (exact) mass is 278 g/mol. The van der Waals surface area contributed by atoms with Crippen LogP contribution in [0.15, 0.2) is 23.8 Å². The number of likely N-dealkylation sites (N-methyl/N-ethyl adjacent to an activating group) is 1. The van der Waals surface area contributed by atoms with E-state index in [1.807, 2.05) is 0 Å². The highest BCUT2D eigenvalue weighted by molar-refractivity contribution is 5.23. The fraction of sp³-hybridized carbons (Fsp3) is 0.789. The number of quaternary nitrogens is 1. The van der Waals surface area contributed by atoms with Gasteiger partial charge < -0.3 is 4.48 Å². The van der Waals surface area contributed by atoms with E-state index in [1.54, 1.807) is 5.57 Å². The van der Waals surface area contributed by atoms with Crippen LogP contribution in [0.5, 0.6) is 0 Å². The van der Waals surface area contributed by atoms with Gasteiger partial charge in [0.1, 0.15) is 6.54 Å². The molecule has 0 radical (unpaired) electrons. The largest absolute Gasteiger partial charge is 0.325 e. The van der Waals surface area contributed by atoms with Crippen LogP contribution in [0, 0.1) is 0 Å². The molecule has 20 heavy (non-hydrogen) atoms. The Morgan fingerprint density at radius 2 is 1.50 bits per heavy atom. The van der Waals surface area contributed by atoms with Crippen LogP contribution in [-0.2, 0) is 0 Å². The molecule has 0 unspecified atom stereocenters. The minimum Gasteiger partial charge on any atom is -0.325 e. The lowest BCUT2D eigenvalue weighted by Gasteiger charge is -2.30. The van der Waals surface area contributed by atoms with Gasteiger partial charge in [-0.3, -0.25) is 0 Å². The van der Waals surface area contributed by atoms with Gasteiger partial charge >= 0.3 is 0 Å². The molecule has 0 aromatic carbocycles. The predicted octanol–water partition coefficient (Wildman–Crippen LogP) is 5.48. The Morgan fingerprint density at radius 3 is 2.05 bits per heavy atom. The lowest BCUT2D eigenvalue weighted by atomic mass is 10.1. The molecular formula is C19H36N+. The molecule has 0 saturated heterocycles. The lowest BCUT2D eigenvalue weighted by Crippen LogP contribution is -2.41. The maximum absolute atomic E-state index is 2.38. The fourth-order valence-electron chi connectivity index (χ4n) is 3.09. The van der Waals surface area contributed by atoms with Crippen molar-refractivity contribution >= 4 is 0 Å². The summed E-state index contributed by atoms with van der Waals surface area (Å²) in [4.78, 5) is 0. The van der Waals surface area contributed by atoms with Gasteiger partial charge in [-0.15, -0.1) is 0 Å². The predicted molar refractivity (Wildman–Crippen MR) is 90.9 cm³/mol. The van der Waals surface area contributed by atoms with Gasteiger partial charge in [-0.1, -0.05) is 70.1 Å². The van der Waals surface area contributed by atoms with Crippen LogP contribution < -0.4 is 0 Å². The van der Waals surface area contributed by atoms with Crippen molar-refractivity contribution in [2.75, 3.05) is 27.2 Å². The minimum atomic E-state index is 1.16. The molecule has 0 aromatic heterocycles. The Morgan fingerprint density at radius 1 is 0.900 bits per heavy atom. The summed E-state index contributed by atoms with van der Waals surface area (Å²) in [5.41, 5.74) is 1.60. The Labute approximate surface area is 127 Å². The third kappa shape index (κ3) is 8.58. The van der Waals surface area contributed by atoms with Crippen LogP contribution in [0.1, 0.15) is 71.1 Å². The van der Waals surface area contributed by atoms with Crippen molar-refractivity contribution in [3.05, 3.63) is 23.8 Å². The summed E-state index contributed by atoms with van der Waals surface area (Å²) < 4.78 is 1.16. The van der Waals surface area contributed by atoms with Gasteiger partial charge in [0.05, 0.1) is 20.6 Å². The molecule has 1 heteroatoms. The Balaban J connectivity index is 1.94. The van der Waals surface area contributed by atoms with E-state index in [4.69, 9.17) is 0 Å². The third-order valence-corrected chi connectivity index (χ3v) is 4.35. The summed E-state index contributed by atoms with van der Waals surface area (Å²) in [6.07, 6.45) is 20.8. The SMILES string of the molecule is CCCCCCCCCCC[N+](C)(C)CC1=CC=CC1. The molecule has 1 nitrogen and oxygen atoms in total. The maximum atomic E-state index is 2.38. The van der Waals surface area contributed by atoms with Gasteiger partial charge in [0, 0.05) is 0 Å². The molecule has 1 aliphatic rings. The smallest absolute Gasteiger partial charge is 0.100 e. The van der Waals surface area contributed by atoms with Crippen molar-refractivity contribution in [1.29, 1.82) is 0 Å². The van der Waals surface area contributed by atoms with Crippen LogP contribution in [0.2, 0.25) is 0 Å². The summed E-state index contributed by atoms with van der Waals surface area (Å²) in [6.45, 7) is 4.84. The van der Waals surface area contributed by atoms with Gasteiger partial charge in [0.2, 0.25) is 0 Å². The van der Waals surface area contributed by atoms with E-state index in [1.165, 1.54) is 77.3 Å². The zero-order valence-electron chi connectivity index (χ0n) is 14.2. The second-order valence-corrected chi connectivity index (χ2v) is 7.10. The molecule has 0 N–H and O–H groups in total. The normalized spacial score (nSPS) is 14.8. The number of hydrogen-bond donors (Lipinski definition) is 0. The average molecular weight is 279 g/mol. The van der Waals surface area contributed by atoms with Gasteiger partial charge in [-0.25, -0.2) is 0 Å². The van der Waals surface area contributed by atoms with E-state index in [0.717, 1.165) is 4.48 Å². The minimum absolute atomic E-state index is 1.16. The summed E-state index contributed by atoms with van der Waals surface area (Å²) in [6, 6.07) is 0. The second-order valence-electron chi connectivity index (χ2n) is 7.10. The van der Waals surface area contributed by atoms with Crippen LogP contribution in [0.3, 0.4) is 0 Å². The standard InChI is InChI=1S/C19H36N/c1-4-5-6-7-8-9-10-11-14-17-20(2,3)18-19-15-12-13-16-19/h12-13,15H,4-11,14,16-18H2,1-3H3/q+1. The first-order valence-corrected chi connectivity index (χ1v) is 8.80. The summed E-state index contributed by atoms with van der Waals surface area (Å²) in [5, 5.41) is 0. The highest BCUT2D eigenvalue weighted by atomic mass is 15.3. The molecular weight excluding hydrogens is 242 g/mol. The first kappa shape index (κ1) is 17.5. The Bertz CT molecular complexity index is 299. The zero-order chi connectivity index (χ0) is 14.7. The van der Waals surface area contributed by atoms with Gasteiger partial charge in [0.25, 0.3) is 0 Å².